The van der Waals surface area contributed by atoms with Crippen molar-refractivity contribution < 1.29 is 4.79 Å². The fourth-order valence-electron chi connectivity index (χ4n) is 3.73. The third-order valence-corrected chi connectivity index (χ3v) is 4.87. The Labute approximate surface area is 133 Å². The van der Waals surface area contributed by atoms with Gasteiger partial charge in [-0.25, -0.2) is 14.8 Å². The standard InChI is InChI=1S/C16H16N6O/c17-4-1-12(7-23)22-9-16(10-22)3-6-21(8-16)15-13-2-5-18-14(13)19-11-20-15/h2,5,11H,1,3,6,8-10H2,(H,18,19,20). The van der Waals surface area contributed by atoms with Gasteiger partial charge in [-0.3, -0.25) is 0 Å². The zero-order valence-corrected chi connectivity index (χ0v) is 12.6. The van der Waals surface area contributed by atoms with Crippen LogP contribution in [0.1, 0.15) is 12.8 Å². The number of nitrogens with zero attached hydrogens (tertiary/aromatic N) is 5. The minimum atomic E-state index is 0.138. The summed E-state index contributed by atoms with van der Waals surface area (Å²) in [6.45, 7) is 3.50. The lowest BCUT2D eigenvalue weighted by Crippen LogP contribution is -2.56. The summed E-state index contributed by atoms with van der Waals surface area (Å²) in [5.41, 5.74) is 1.52. The molecular formula is C16H16N6O. The number of likely N-dealkylation sites (tertiary alicyclic amines) is 1. The second-order valence-electron chi connectivity index (χ2n) is 6.35. The highest BCUT2D eigenvalue weighted by Crippen LogP contribution is 2.43. The molecule has 0 unspecified atom stereocenters. The predicted octanol–water partition coefficient (Wildman–Crippen LogP) is 1.10. The summed E-state index contributed by atoms with van der Waals surface area (Å²) in [5.74, 6) is 2.87. The lowest BCUT2D eigenvalue weighted by molar-refractivity contribution is 0.0492. The van der Waals surface area contributed by atoms with Gasteiger partial charge in [-0.15, -0.1) is 0 Å². The molecule has 1 spiro atoms. The lowest BCUT2D eigenvalue weighted by atomic mass is 9.78. The SMILES string of the molecule is N#CCC(=C=O)N1CC2(CCN(c3ncnc4[nH]ccc34)C2)C1. The molecule has 2 aromatic rings. The molecule has 0 bridgehead atoms. The summed E-state index contributed by atoms with van der Waals surface area (Å²) in [5, 5.41) is 9.80. The number of nitriles is 1. The van der Waals surface area contributed by atoms with E-state index in [2.05, 4.69) is 19.9 Å². The van der Waals surface area contributed by atoms with Crippen LogP contribution in [0.25, 0.3) is 11.0 Å². The van der Waals surface area contributed by atoms with Gasteiger partial charge in [0.15, 0.2) is 0 Å². The monoisotopic (exact) mass is 308 g/mol. The number of hydrogen-bond acceptors (Lipinski definition) is 6. The van der Waals surface area contributed by atoms with Crippen LogP contribution in [-0.4, -0.2) is 52.0 Å². The fraction of sp³-hybridized carbons (Fsp3) is 0.438. The van der Waals surface area contributed by atoms with Gasteiger partial charge in [-0.2, -0.15) is 5.26 Å². The first kappa shape index (κ1) is 13.8. The second-order valence-corrected chi connectivity index (χ2v) is 6.35. The quantitative estimate of drug-likeness (QED) is 0.854. The van der Waals surface area contributed by atoms with Crippen molar-refractivity contribution in [1.82, 2.24) is 19.9 Å². The minimum Gasteiger partial charge on any atom is -0.364 e. The number of fused-ring (bicyclic) bond motifs is 1. The van der Waals surface area contributed by atoms with Crippen molar-refractivity contribution >= 4 is 22.8 Å². The molecule has 7 heteroatoms. The van der Waals surface area contributed by atoms with Crippen LogP contribution >= 0.6 is 0 Å². The van der Waals surface area contributed by atoms with E-state index < -0.39 is 0 Å². The van der Waals surface area contributed by atoms with Crippen LogP contribution in [0.5, 0.6) is 0 Å². The summed E-state index contributed by atoms with van der Waals surface area (Å²) in [6, 6.07) is 4.03. The molecule has 7 nitrogen and oxygen atoms in total. The molecular weight excluding hydrogens is 292 g/mol. The van der Waals surface area contributed by atoms with Crippen LogP contribution in [0.2, 0.25) is 0 Å². The average molecular weight is 308 g/mol. The molecule has 4 heterocycles. The second kappa shape index (κ2) is 5.11. The average Bonchev–Trinajstić information content (AvgIpc) is 3.17. The topological polar surface area (TPSA) is 88.9 Å². The van der Waals surface area contributed by atoms with E-state index in [0.717, 1.165) is 49.5 Å². The maximum atomic E-state index is 10.9. The molecule has 2 aliphatic heterocycles. The Balaban J connectivity index is 1.50. The number of hydrogen-bond donors (Lipinski definition) is 1. The summed E-state index contributed by atoms with van der Waals surface area (Å²) in [6.07, 6.45) is 4.67. The number of H-pyrrole nitrogens is 1. The Hall–Kier alpha value is -2.84. The van der Waals surface area contributed by atoms with E-state index in [1.807, 2.05) is 29.2 Å². The molecule has 0 saturated carbocycles. The van der Waals surface area contributed by atoms with Crippen molar-refractivity contribution in [3.63, 3.8) is 0 Å². The maximum absolute atomic E-state index is 10.9. The third-order valence-electron chi connectivity index (χ3n) is 4.87. The lowest BCUT2D eigenvalue weighted by Gasteiger charge is -2.49. The molecule has 0 atom stereocenters. The van der Waals surface area contributed by atoms with Crippen molar-refractivity contribution in [1.29, 1.82) is 5.26 Å². The van der Waals surface area contributed by atoms with Gasteiger partial charge in [-0.05, 0) is 12.5 Å². The van der Waals surface area contributed by atoms with Gasteiger partial charge in [0.05, 0.1) is 17.9 Å². The van der Waals surface area contributed by atoms with E-state index in [1.165, 1.54) is 0 Å². The zero-order valence-electron chi connectivity index (χ0n) is 12.6. The molecule has 1 N–H and O–H groups in total. The number of nitrogens with one attached hydrogen (secondary N) is 1. The van der Waals surface area contributed by atoms with Crippen LogP contribution in [0.15, 0.2) is 24.3 Å². The highest BCUT2D eigenvalue weighted by atomic mass is 16.1. The first-order valence-electron chi connectivity index (χ1n) is 7.64. The van der Waals surface area contributed by atoms with Crippen molar-refractivity contribution in [2.45, 2.75) is 12.8 Å². The van der Waals surface area contributed by atoms with E-state index in [1.54, 1.807) is 6.33 Å². The van der Waals surface area contributed by atoms with E-state index >= 15 is 0 Å². The van der Waals surface area contributed by atoms with Crippen LogP contribution in [0, 0.1) is 16.7 Å². The highest BCUT2D eigenvalue weighted by Gasteiger charge is 2.48. The van der Waals surface area contributed by atoms with Crippen molar-refractivity contribution in [2.75, 3.05) is 31.1 Å². The number of allylic oxidation sites excluding steroid dienone is 1. The van der Waals surface area contributed by atoms with Crippen molar-refractivity contribution in [3.05, 3.63) is 24.3 Å². The molecule has 2 saturated heterocycles. The van der Waals surface area contributed by atoms with Gasteiger partial charge in [0, 0.05) is 37.8 Å². The van der Waals surface area contributed by atoms with Crippen LogP contribution in [0.4, 0.5) is 5.82 Å². The Morgan fingerprint density at radius 1 is 1.39 bits per heavy atom. The summed E-state index contributed by atoms with van der Waals surface area (Å²) >= 11 is 0. The Morgan fingerprint density at radius 2 is 2.26 bits per heavy atom. The minimum absolute atomic E-state index is 0.138. The van der Waals surface area contributed by atoms with Gasteiger partial charge < -0.3 is 14.8 Å². The predicted molar refractivity (Wildman–Crippen MR) is 84.2 cm³/mol. The number of aromatic amines is 1. The van der Waals surface area contributed by atoms with E-state index in [9.17, 15) is 4.79 Å². The molecule has 23 heavy (non-hydrogen) atoms. The van der Waals surface area contributed by atoms with Gasteiger partial charge in [0.1, 0.15) is 29.4 Å². The number of aromatic nitrogens is 3. The van der Waals surface area contributed by atoms with Crippen LogP contribution in [0.3, 0.4) is 0 Å². The molecule has 0 aromatic carbocycles. The number of anilines is 1. The Kier molecular flexibility index (Phi) is 3.07. The highest BCUT2D eigenvalue weighted by molar-refractivity contribution is 5.87. The number of carbonyl (C=O) groups excluding carboxylic acids is 1. The Bertz CT molecular complexity index is 838. The van der Waals surface area contributed by atoms with Crippen molar-refractivity contribution in [3.8, 4) is 6.07 Å². The molecule has 4 rings (SSSR count). The molecule has 2 aromatic heterocycles. The fourth-order valence-corrected chi connectivity index (χ4v) is 3.73. The van der Waals surface area contributed by atoms with Gasteiger partial charge in [0.25, 0.3) is 0 Å². The zero-order chi connectivity index (χ0) is 15.9. The van der Waals surface area contributed by atoms with E-state index in [4.69, 9.17) is 5.26 Å². The van der Waals surface area contributed by atoms with Crippen LogP contribution < -0.4 is 4.90 Å². The molecule has 116 valence electrons. The largest absolute Gasteiger partial charge is 0.364 e. The summed E-state index contributed by atoms with van der Waals surface area (Å²) < 4.78 is 0. The summed E-state index contributed by atoms with van der Waals surface area (Å²) in [7, 11) is 0. The van der Waals surface area contributed by atoms with E-state index in [-0.39, 0.29) is 11.8 Å². The molecule has 0 radical (unpaired) electrons. The van der Waals surface area contributed by atoms with E-state index in [0.29, 0.717) is 5.70 Å². The molecule has 0 amide bonds. The smallest absolute Gasteiger partial charge is 0.146 e. The molecule has 0 aliphatic carbocycles. The van der Waals surface area contributed by atoms with Gasteiger partial charge in [-0.1, -0.05) is 0 Å². The summed E-state index contributed by atoms with van der Waals surface area (Å²) in [4.78, 5) is 27.0. The van der Waals surface area contributed by atoms with Crippen molar-refractivity contribution in [2.24, 2.45) is 5.41 Å². The normalized spacial score (nSPS) is 18.7. The Morgan fingerprint density at radius 3 is 3.04 bits per heavy atom. The first-order valence-corrected chi connectivity index (χ1v) is 7.64. The molecule has 2 fully saturated rings. The number of rotatable bonds is 3. The van der Waals surface area contributed by atoms with Crippen LogP contribution in [-0.2, 0) is 4.79 Å². The van der Waals surface area contributed by atoms with Gasteiger partial charge >= 0.3 is 0 Å². The first-order chi connectivity index (χ1) is 11.2. The third kappa shape index (κ3) is 2.16. The molecule has 2 aliphatic rings. The maximum Gasteiger partial charge on any atom is 0.146 e. The van der Waals surface area contributed by atoms with Gasteiger partial charge in [0.2, 0.25) is 0 Å².